The molecule has 5 rings (SSSR count). The van der Waals surface area contributed by atoms with Gasteiger partial charge in [0.15, 0.2) is 5.82 Å². The van der Waals surface area contributed by atoms with Gasteiger partial charge in [-0.25, -0.2) is 9.67 Å². The molecule has 0 unspecified atom stereocenters. The number of aromatic nitrogens is 6. The normalized spacial score (nSPS) is 13.9. The van der Waals surface area contributed by atoms with Crippen molar-refractivity contribution >= 4 is 48.9 Å². The molecule has 0 radical (unpaired) electrons. The molecule has 0 spiro atoms. The third-order valence-corrected chi connectivity index (χ3v) is 11.3. The number of benzene rings is 1. The SMILES string of the molecule is Cn1cc(C(=O)N2Cc3nc(-c4nn(COCC[Si](C)(C)C)c5cc(Br)ccc45)n(COCC[Si](C)(C)C)c3C2)cn1. The Labute approximate surface area is 258 Å². The molecule has 42 heavy (non-hydrogen) atoms. The average molecular weight is 673 g/mol. The van der Waals surface area contributed by atoms with Crippen LogP contribution in [0.2, 0.25) is 51.4 Å². The number of imidazole rings is 1. The fourth-order valence-corrected chi connectivity index (χ4v) is 6.77. The average Bonchev–Trinajstić information content (AvgIpc) is 3.66. The highest BCUT2D eigenvalue weighted by Gasteiger charge is 2.32. The van der Waals surface area contributed by atoms with E-state index in [0.29, 0.717) is 38.7 Å². The number of hydrogen-bond acceptors (Lipinski definition) is 6. The summed E-state index contributed by atoms with van der Waals surface area (Å²) in [7, 11) is -0.630. The molecule has 1 aromatic carbocycles. The fourth-order valence-electron chi connectivity index (χ4n) is 4.91. The Hall–Kier alpha value is -2.59. The number of hydrogen-bond donors (Lipinski definition) is 0. The van der Waals surface area contributed by atoms with Crippen LogP contribution in [0.15, 0.2) is 35.1 Å². The first kappa shape index (κ1) is 30.9. The number of amides is 1. The summed E-state index contributed by atoms with van der Waals surface area (Å²) in [6.07, 6.45) is 3.36. The van der Waals surface area contributed by atoms with Gasteiger partial charge in [-0.15, -0.1) is 0 Å². The van der Waals surface area contributed by atoms with Gasteiger partial charge in [-0.05, 0) is 30.3 Å². The molecular weight excluding hydrogens is 630 g/mol. The van der Waals surface area contributed by atoms with Crippen molar-refractivity contribution in [2.45, 2.75) is 77.9 Å². The molecule has 13 heteroatoms. The molecule has 0 N–H and O–H groups in total. The molecule has 10 nitrogen and oxygen atoms in total. The zero-order valence-electron chi connectivity index (χ0n) is 25.8. The van der Waals surface area contributed by atoms with Crippen LogP contribution in [0.25, 0.3) is 22.4 Å². The van der Waals surface area contributed by atoms with Crippen LogP contribution in [0.1, 0.15) is 21.7 Å². The van der Waals surface area contributed by atoms with E-state index in [1.807, 2.05) is 22.7 Å². The van der Waals surface area contributed by atoms with Crippen LogP contribution >= 0.6 is 15.9 Å². The minimum absolute atomic E-state index is 0.0519. The van der Waals surface area contributed by atoms with Gasteiger partial charge in [-0.1, -0.05) is 55.2 Å². The molecular formula is C29H42BrN7O3Si2. The quantitative estimate of drug-likeness (QED) is 0.132. The summed E-state index contributed by atoms with van der Waals surface area (Å²) in [5, 5.41) is 10.2. The molecule has 0 aliphatic carbocycles. The molecule has 226 valence electrons. The van der Waals surface area contributed by atoms with E-state index in [9.17, 15) is 4.79 Å². The third kappa shape index (κ3) is 7.13. The van der Waals surface area contributed by atoms with Gasteiger partial charge in [-0.2, -0.15) is 10.2 Å². The van der Waals surface area contributed by atoms with Crippen molar-refractivity contribution in [3.05, 3.63) is 52.0 Å². The summed E-state index contributed by atoms with van der Waals surface area (Å²) in [5.41, 5.74) is 4.21. The lowest BCUT2D eigenvalue weighted by Crippen LogP contribution is -2.26. The van der Waals surface area contributed by atoms with Gasteiger partial charge in [0.2, 0.25) is 0 Å². The standard InChI is InChI=1S/C29H42BrN7O3Si2/c1-34-16-21(15-31-34)29(38)35-17-24-26(18-35)36(19-39-10-12-41(2,3)4)28(32-24)27-23-9-8-22(30)14-25(23)37(33-27)20-40-11-13-42(5,6)7/h8-9,14-16H,10-13,17-20H2,1-7H3. The van der Waals surface area contributed by atoms with Gasteiger partial charge in [0.05, 0.1) is 41.8 Å². The van der Waals surface area contributed by atoms with Crippen molar-refractivity contribution in [3.8, 4) is 11.5 Å². The van der Waals surface area contributed by atoms with E-state index >= 15 is 0 Å². The summed E-state index contributed by atoms with van der Waals surface area (Å²) >= 11 is 3.63. The summed E-state index contributed by atoms with van der Waals surface area (Å²) in [6.45, 7) is 17.1. The molecule has 0 saturated carbocycles. The minimum Gasteiger partial charge on any atom is -0.361 e. The Balaban J connectivity index is 1.47. The number of nitrogens with zero attached hydrogens (tertiary/aromatic N) is 7. The number of aryl methyl sites for hydroxylation is 1. The fraction of sp³-hybridized carbons (Fsp3) is 0.517. The van der Waals surface area contributed by atoms with Crippen molar-refractivity contribution in [1.29, 1.82) is 0 Å². The number of fused-ring (bicyclic) bond motifs is 2. The Kier molecular flexibility index (Phi) is 8.96. The summed E-state index contributed by atoms with van der Waals surface area (Å²) in [5.74, 6) is 0.707. The molecule has 0 fully saturated rings. The lowest BCUT2D eigenvalue weighted by Gasteiger charge is -2.18. The zero-order valence-corrected chi connectivity index (χ0v) is 29.4. The maximum absolute atomic E-state index is 13.2. The summed E-state index contributed by atoms with van der Waals surface area (Å²) in [6, 6.07) is 8.36. The van der Waals surface area contributed by atoms with Crippen LogP contribution in [0.4, 0.5) is 0 Å². The Bertz CT molecular complexity index is 1580. The van der Waals surface area contributed by atoms with Crippen LogP contribution in [0.3, 0.4) is 0 Å². The van der Waals surface area contributed by atoms with Gasteiger partial charge in [-0.3, -0.25) is 9.48 Å². The topological polar surface area (TPSA) is 92.2 Å². The lowest BCUT2D eigenvalue weighted by atomic mass is 10.2. The number of rotatable bonds is 12. The first-order valence-electron chi connectivity index (χ1n) is 14.5. The van der Waals surface area contributed by atoms with E-state index in [-0.39, 0.29) is 5.91 Å². The van der Waals surface area contributed by atoms with Gasteiger partial charge in [0.25, 0.3) is 5.91 Å². The number of halogens is 1. The van der Waals surface area contributed by atoms with E-state index in [4.69, 9.17) is 19.6 Å². The maximum Gasteiger partial charge on any atom is 0.257 e. The van der Waals surface area contributed by atoms with Gasteiger partial charge < -0.3 is 18.9 Å². The van der Waals surface area contributed by atoms with Crippen molar-refractivity contribution in [3.63, 3.8) is 0 Å². The van der Waals surface area contributed by atoms with E-state index < -0.39 is 16.1 Å². The van der Waals surface area contributed by atoms with Crippen LogP contribution < -0.4 is 0 Å². The molecule has 1 aliphatic rings. The molecule has 4 aromatic rings. The van der Waals surface area contributed by atoms with Gasteiger partial charge in [0.1, 0.15) is 19.2 Å². The monoisotopic (exact) mass is 671 g/mol. The van der Waals surface area contributed by atoms with Crippen LogP contribution in [-0.2, 0) is 43.1 Å². The first-order chi connectivity index (χ1) is 19.8. The number of carbonyl (C=O) groups excluding carboxylic acids is 1. The maximum atomic E-state index is 13.2. The highest BCUT2D eigenvalue weighted by Crippen LogP contribution is 2.34. The predicted molar refractivity (Wildman–Crippen MR) is 174 cm³/mol. The summed E-state index contributed by atoms with van der Waals surface area (Å²) in [4.78, 5) is 20.1. The molecule has 4 heterocycles. The molecule has 0 bridgehead atoms. The Morgan fingerprint density at radius 3 is 2.33 bits per heavy atom. The lowest BCUT2D eigenvalue weighted by molar-refractivity contribution is 0.0723. The van der Waals surface area contributed by atoms with Crippen LogP contribution in [-0.4, -0.2) is 69.3 Å². The summed E-state index contributed by atoms with van der Waals surface area (Å²) < 4.78 is 19.0. The van der Waals surface area contributed by atoms with Crippen molar-refractivity contribution < 1.29 is 14.3 Å². The molecule has 3 aromatic heterocycles. The van der Waals surface area contributed by atoms with Gasteiger partial charge in [0, 0.05) is 52.5 Å². The smallest absolute Gasteiger partial charge is 0.257 e. The highest BCUT2D eigenvalue weighted by atomic mass is 79.9. The van der Waals surface area contributed by atoms with Crippen molar-refractivity contribution in [1.82, 2.24) is 34.0 Å². The van der Waals surface area contributed by atoms with Crippen molar-refractivity contribution in [2.75, 3.05) is 13.2 Å². The molecule has 0 saturated heterocycles. The molecule has 0 atom stereocenters. The second-order valence-corrected chi connectivity index (χ2v) is 25.7. The molecule has 1 aliphatic heterocycles. The largest absolute Gasteiger partial charge is 0.361 e. The predicted octanol–water partition coefficient (Wildman–Crippen LogP) is 6.18. The van der Waals surface area contributed by atoms with E-state index in [1.165, 1.54) is 0 Å². The highest BCUT2D eigenvalue weighted by molar-refractivity contribution is 9.10. The van der Waals surface area contributed by atoms with E-state index in [0.717, 1.165) is 57.0 Å². The van der Waals surface area contributed by atoms with E-state index in [1.54, 1.807) is 17.1 Å². The third-order valence-electron chi connectivity index (χ3n) is 7.43. The van der Waals surface area contributed by atoms with Crippen LogP contribution in [0.5, 0.6) is 0 Å². The minimum atomic E-state index is -1.25. The second kappa shape index (κ2) is 12.2. The van der Waals surface area contributed by atoms with Crippen molar-refractivity contribution in [2.24, 2.45) is 7.05 Å². The number of carbonyl (C=O) groups is 1. The van der Waals surface area contributed by atoms with Gasteiger partial charge >= 0.3 is 0 Å². The zero-order chi connectivity index (χ0) is 30.2. The Morgan fingerprint density at radius 1 is 1.00 bits per heavy atom. The van der Waals surface area contributed by atoms with E-state index in [2.05, 4.69) is 77.0 Å². The van der Waals surface area contributed by atoms with Crippen LogP contribution in [0, 0.1) is 0 Å². The first-order valence-corrected chi connectivity index (χ1v) is 22.7. The Morgan fingerprint density at radius 2 is 1.69 bits per heavy atom. The number of ether oxygens (including phenoxy) is 2. The molecule has 1 amide bonds. The second-order valence-electron chi connectivity index (χ2n) is 13.5.